The third kappa shape index (κ3) is 3.80. The van der Waals surface area contributed by atoms with E-state index in [4.69, 9.17) is 5.73 Å². The van der Waals surface area contributed by atoms with Gasteiger partial charge in [0.1, 0.15) is 0 Å². The first-order valence-electron chi connectivity index (χ1n) is 7.27. The Bertz CT molecular complexity index is 431. The Kier molecular flexibility index (Phi) is 4.97. The summed E-state index contributed by atoms with van der Waals surface area (Å²) in [5.74, 6) is 0.267. The van der Waals surface area contributed by atoms with Crippen molar-refractivity contribution < 1.29 is 4.79 Å². The maximum atomic E-state index is 12.1. The lowest BCUT2D eigenvalue weighted by Gasteiger charge is -2.28. The number of aryl methyl sites for hydroxylation is 1. The van der Waals surface area contributed by atoms with Crippen LogP contribution in [0, 0.1) is 6.92 Å². The minimum atomic E-state index is -0.0791. The van der Waals surface area contributed by atoms with Crippen molar-refractivity contribution >= 4 is 5.91 Å². The molecule has 1 amide bonds. The number of nitrogens with zero attached hydrogens (tertiary/aromatic N) is 1. The summed E-state index contributed by atoms with van der Waals surface area (Å²) in [6.45, 7) is 3.58. The van der Waals surface area contributed by atoms with Gasteiger partial charge in [0.2, 0.25) is 5.91 Å². The average Bonchev–Trinajstić information content (AvgIpc) is 2.39. The molecule has 2 N–H and O–H groups in total. The zero-order chi connectivity index (χ0) is 13.7. The van der Waals surface area contributed by atoms with Crippen LogP contribution >= 0.6 is 0 Å². The fourth-order valence-corrected chi connectivity index (χ4v) is 2.75. The lowest BCUT2D eigenvalue weighted by Crippen LogP contribution is -2.38. The van der Waals surface area contributed by atoms with Crippen LogP contribution in [0.15, 0.2) is 24.3 Å². The Morgan fingerprint density at radius 1 is 1.21 bits per heavy atom. The summed E-state index contributed by atoms with van der Waals surface area (Å²) in [4.78, 5) is 14.0. The zero-order valence-electron chi connectivity index (χ0n) is 11.8. The van der Waals surface area contributed by atoms with Crippen molar-refractivity contribution in [3.8, 4) is 0 Å². The minimum absolute atomic E-state index is 0.0791. The van der Waals surface area contributed by atoms with Crippen molar-refractivity contribution in [1.29, 1.82) is 0 Å². The van der Waals surface area contributed by atoms with Crippen LogP contribution in [-0.4, -0.2) is 23.9 Å². The number of likely N-dealkylation sites (tertiary alicyclic amines) is 1. The van der Waals surface area contributed by atoms with Gasteiger partial charge in [-0.15, -0.1) is 0 Å². The molecule has 1 heterocycles. The molecule has 2 rings (SSSR count). The topological polar surface area (TPSA) is 46.3 Å². The van der Waals surface area contributed by atoms with E-state index in [-0.39, 0.29) is 11.9 Å². The monoisotopic (exact) mass is 260 g/mol. The Hall–Kier alpha value is -1.35. The van der Waals surface area contributed by atoms with Crippen molar-refractivity contribution in [3.05, 3.63) is 35.4 Å². The number of hydrogen-bond donors (Lipinski definition) is 1. The van der Waals surface area contributed by atoms with E-state index in [1.165, 1.54) is 18.4 Å². The lowest BCUT2D eigenvalue weighted by atomic mass is 10.0. The molecule has 3 nitrogen and oxygen atoms in total. The third-order valence-electron chi connectivity index (χ3n) is 3.93. The average molecular weight is 260 g/mol. The van der Waals surface area contributed by atoms with E-state index in [1.807, 2.05) is 17.0 Å². The lowest BCUT2D eigenvalue weighted by molar-refractivity contribution is -0.132. The van der Waals surface area contributed by atoms with E-state index < -0.39 is 0 Å². The number of carbonyl (C=O) groups excluding carboxylic acids is 1. The van der Waals surface area contributed by atoms with Crippen molar-refractivity contribution in [2.24, 2.45) is 5.73 Å². The molecular formula is C16H24N2O. The second-order valence-electron chi connectivity index (χ2n) is 5.47. The number of hydrogen-bond acceptors (Lipinski definition) is 2. The summed E-state index contributed by atoms with van der Waals surface area (Å²) >= 11 is 0. The summed E-state index contributed by atoms with van der Waals surface area (Å²) in [6.07, 6.45) is 5.22. The van der Waals surface area contributed by atoms with Gasteiger partial charge in [0, 0.05) is 25.6 Å². The van der Waals surface area contributed by atoms with Gasteiger partial charge in [0.15, 0.2) is 0 Å². The number of nitrogens with two attached hydrogens (primary N) is 1. The van der Waals surface area contributed by atoms with Gasteiger partial charge in [-0.25, -0.2) is 0 Å². The van der Waals surface area contributed by atoms with Crippen LogP contribution in [0.25, 0.3) is 0 Å². The maximum absolute atomic E-state index is 12.1. The van der Waals surface area contributed by atoms with E-state index in [1.54, 1.807) is 0 Å². The molecule has 3 heteroatoms. The molecule has 1 aliphatic rings. The molecule has 1 aliphatic heterocycles. The van der Waals surface area contributed by atoms with Crippen LogP contribution in [0.4, 0.5) is 0 Å². The highest BCUT2D eigenvalue weighted by atomic mass is 16.2. The van der Waals surface area contributed by atoms with E-state index in [0.29, 0.717) is 13.0 Å². The Balaban J connectivity index is 2.02. The van der Waals surface area contributed by atoms with Crippen LogP contribution in [0.3, 0.4) is 0 Å². The highest BCUT2D eigenvalue weighted by Crippen LogP contribution is 2.19. The summed E-state index contributed by atoms with van der Waals surface area (Å²) in [6, 6.07) is 8.09. The first kappa shape index (κ1) is 14.1. The maximum Gasteiger partial charge on any atom is 0.222 e. The molecule has 1 fully saturated rings. The van der Waals surface area contributed by atoms with E-state index >= 15 is 0 Å². The normalized spacial score (nSPS) is 18.8. The molecule has 0 bridgehead atoms. The highest BCUT2D eigenvalue weighted by molar-refractivity contribution is 5.76. The van der Waals surface area contributed by atoms with Crippen LogP contribution in [0.2, 0.25) is 0 Å². The molecule has 19 heavy (non-hydrogen) atoms. The van der Waals surface area contributed by atoms with Crippen molar-refractivity contribution in [2.45, 2.75) is 45.1 Å². The van der Waals surface area contributed by atoms with Crippen molar-refractivity contribution in [3.63, 3.8) is 0 Å². The summed E-state index contributed by atoms with van der Waals surface area (Å²) < 4.78 is 0. The predicted molar refractivity (Wildman–Crippen MR) is 77.8 cm³/mol. The van der Waals surface area contributed by atoms with E-state index in [2.05, 4.69) is 19.1 Å². The molecule has 0 spiro atoms. The van der Waals surface area contributed by atoms with Gasteiger partial charge in [0.25, 0.3) is 0 Å². The van der Waals surface area contributed by atoms with Crippen LogP contribution in [0.1, 0.15) is 49.3 Å². The second-order valence-corrected chi connectivity index (χ2v) is 5.47. The Morgan fingerprint density at radius 3 is 2.74 bits per heavy atom. The summed E-state index contributed by atoms with van der Waals surface area (Å²) in [5.41, 5.74) is 8.64. The SMILES string of the molecule is Cc1ccccc1C(N)CN1CCCCCCC1=O. The smallest absolute Gasteiger partial charge is 0.222 e. The first-order chi connectivity index (χ1) is 9.18. The van der Waals surface area contributed by atoms with Gasteiger partial charge in [-0.05, 0) is 30.9 Å². The third-order valence-corrected chi connectivity index (χ3v) is 3.93. The largest absolute Gasteiger partial charge is 0.341 e. The second kappa shape index (κ2) is 6.71. The zero-order valence-corrected chi connectivity index (χ0v) is 11.8. The fraction of sp³-hybridized carbons (Fsp3) is 0.562. The van der Waals surface area contributed by atoms with Crippen molar-refractivity contribution in [1.82, 2.24) is 4.90 Å². The van der Waals surface area contributed by atoms with Gasteiger partial charge in [-0.2, -0.15) is 0 Å². The molecule has 0 saturated carbocycles. The highest BCUT2D eigenvalue weighted by Gasteiger charge is 2.19. The summed E-state index contributed by atoms with van der Waals surface area (Å²) in [5, 5.41) is 0. The first-order valence-corrected chi connectivity index (χ1v) is 7.27. The minimum Gasteiger partial charge on any atom is -0.341 e. The van der Waals surface area contributed by atoms with Crippen LogP contribution in [-0.2, 0) is 4.79 Å². The van der Waals surface area contributed by atoms with E-state index in [0.717, 1.165) is 24.9 Å². The standard InChI is InChI=1S/C16H24N2O/c1-13-8-5-6-9-14(13)15(17)12-18-11-7-3-2-4-10-16(18)19/h5-6,8-9,15H,2-4,7,10-12,17H2,1H3. The molecule has 0 aliphatic carbocycles. The molecule has 104 valence electrons. The quantitative estimate of drug-likeness (QED) is 0.908. The molecule has 1 atom stereocenters. The molecule has 1 aromatic carbocycles. The molecule has 0 radical (unpaired) electrons. The van der Waals surface area contributed by atoms with Gasteiger partial charge >= 0.3 is 0 Å². The van der Waals surface area contributed by atoms with Gasteiger partial charge in [-0.1, -0.05) is 37.1 Å². The van der Waals surface area contributed by atoms with Gasteiger partial charge < -0.3 is 10.6 Å². The molecule has 0 aromatic heterocycles. The molecule has 1 unspecified atom stereocenters. The molecule has 1 aromatic rings. The van der Waals surface area contributed by atoms with Crippen molar-refractivity contribution in [2.75, 3.05) is 13.1 Å². The number of carbonyl (C=O) groups is 1. The number of benzene rings is 1. The molecular weight excluding hydrogens is 236 g/mol. The number of rotatable bonds is 3. The van der Waals surface area contributed by atoms with Crippen LogP contribution < -0.4 is 5.73 Å². The fourth-order valence-electron chi connectivity index (χ4n) is 2.75. The predicted octanol–water partition coefficient (Wildman–Crippen LogP) is 2.79. The number of amides is 1. The van der Waals surface area contributed by atoms with Gasteiger partial charge in [0.05, 0.1) is 0 Å². The summed E-state index contributed by atoms with van der Waals surface area (Å²) in [7, 11) is 0. The Morgan fingerprint density at radius 2 is 1.95 bits per heavy atom. The van der Waals surface area contributed by atoms with Gasteiger partial charge in [-0.3, -0.25) is 4.79 Å². The Labute approximate surface area is 115 Å². The van der Waals surface area contributed by atoms with Crippen LogP contribution in [0.5, 0.6) is 0 Å². The van der Waals surface area contributed by atoms with E-state index in [9.17, 15) is 4.79 Å². The molecule has 1 saturated heterocycles.